The number of aliphatic imine (C=N–C) groups is 1. The summed E-state index contributed by atoms with van der Waals surface area (Å²) in [5.41, 5.74) is 5.03. The molecule has 136 valence electrons. The van der Waals surface area contributed by atoms with Crippen molar-refractivity contribution in [3.63, 3.8) is 0 Å². The molecule has 2 saturated heterocycles. The Hall–Kier alpha value is -2.33. The van der Waals surface area contributed by atoms with Crippen LogP contribution in [-0.4, -0.2) is 31.3 Å². The molecule has 0 aliphatic carbocycles. The van der Waals surface area contributed by atoms with Gasteiger partial charge in [0.05, 0.1) is 18.2 Å². The summed E-state index contributed by atoms with van der Waals surface area (Å²) in [6.07, 6.45) is 4.26. The van der Waals surface area contributed by atoms with Crippen LogP contribution in [0.15, 0.2) is 53.5 Å². The SMILES string of the molecule is CN=C(NCc1cccc(-c2cccc(C)c2)c1)NC1CC2CCC1O2. The first-order valence-electron chi connectivity index (χ1n) is 9.50. The van der Waals surface area contributed by atoms with E-state index in [9.17, 15) is 0 Å². The van der Waals surface area contributed by atoms with Crippen molar-refractivity contribution in [2.45, 2.75) is 51.0 Å². The molecule has 4 rings (SSSR count). The lowest BCUT2D eigenvalue weighted by Crippen LogP contribution is -2.47. The van der Waals surface area contributed by atoms with Crippen LogP contribution in [0.25, 0.3) is 11.1 Å². The molecule has 0 aromatic heterocycles. The zero-order valence-corrected chi connectivity index (χ0v) is 15.5. The molecule has 2 heterocycles. The molecule has 2 aromatic rings. The van der Waals surface area contributed by atoms with Gasteiger partial charge in [0, 0.05) is 13.6 Å². The van der Waals surface area contributed by atoms with Gasteiger partial charge in [-0.25, -0.2) is 0 Å². The highest BCUT2D eigenvalue weighted by Gasteiger charge is 2.41. The van der Waals surface area contributed by atoms with Crippen molar-refractivity contribution in [3.05, 3.63) is 59.7 Å². The Morgan fingerprint density at radius 1 is 1.12 bits per heavy atom. The van der Waals surface area contributed by atoms with Gasteiger partial charge >= 0.3 is 0 Å². The molecule has 4 heteroatoms. The van der Waals surface area contributed by atoms with Gasteiger partial charge in [0.25, 0.3) is 0 Å². The molecular formula is C22H27N3O. The standard InChI is InChI=1S/C22H27N3O/c1-15-5-3-7-17(11-15)18-8-4-6-16(12-18)14-24-22(23-2)25-20-13-19-9-10-21(20)26-19/h3-8,11-12,19-21H,9-10,13-14H2,1-2H3,(H2,23,24,25). The van der Waals surface area contributed by atoms with Crippen molar-refractivity contribution < 1.29 is 4.74 Å². The molecule has 2 bridgehead atoms. The van der Waals surface area contributed by atoms with Crippen LogP contribution < -0.4 is 10.6 Å². The molecule has 0 radical (unpaired) electrons. The van der Waals surface area contributed by atoms with Gasteiger partial charge in [-0.3, -0.25) is 4.99 Å². The van der Waals surface area contributed by atoms with Crippen LogP contribution in [0.1, 0.15) is 30.4 Å². The average molecular weight is 349 g/mol. The molecule has 0 amide bonds. The van der Waals surface area contributed by atoms with Gasteiger partial charge in [-0.15, -0.1) is 0 Å². The number of ether oxygens (including phenoxy) is 1. The zero-order chi connectivity index (χ0) is 17.9. The second kappa shape index (κ2) is 7.50. The number of fused-ring (bicyclic) bond motifs is 2. The Bertz CT molecular complexity index is 801. The molecule has 3 atom stereocenters. The summed E-state index contributed by atoms with van der Waals surface area (Å²) < 4.78 is 5.92. The van der Waals surface area contributed by atoms with Crippen LogP contribution in [0.2, 0.25) is 0 Å². The average Bonchev–Trinajstić information content (AvgIpc) is 3.28. The maximum absolute atomic E-state index is 5.92. The van der Waals surface area contributed by atoms with E-state index in [4.69, 9.17) is 4.74 Å². The van der Waals surface area contributed by atoms with E-state index in [2.05, 4.69) is 71.1 Å². The van der Waals surface area contributed by atoms with E-state index in [1.807, 2.05) is 7.05 Å². The van der Waals surface area contributed by atoms with E-state index in [1.54, 1.807) is 0 Å². The van der Waals surface area contributed by atoms with Gasteiger partial charge in [-0.2, -0.15) is 0 Å². The maximum Gasteiger partial charge on any atom is 0.191 e. The second-order valence-electron chi connectivity index (χ2n) is 7.36. The van der Waals surface area contributed by atoms with Crippen molar-refractivity contribution in [2.24, 2.45) is 4.99 Å². The summed E-state index contributed by atoms with van der Waals surface area (Å²) >= 11 is 0. The fourth-order valence-corrected chi connectivity index (χ4v) is 4.03. The summed E-state index contributed by atoms with van der Waals surface area (Å²) in [5.74, 6) is 0.854. The molecule has 2 aromatic carbocycles. The van der Waals surface area contributed by atoms with Crippen LogP contribution in [0.4, 0.5) is 0 Å². The Morgan fingerprint density at radius 2 is 1.92 bits per heavy atom. The first-order valence-corrected chi connectivity index (χ1v) is 9.50. The van der Waals surface area contributed by atoms with Crippen LogP contribution in [0, 0.1) is 6.92 Å². The molecule has 4 nitrogen and oxygen atoms in total. The Morgan fingerprint density at radius 3 is 2.62 bits per heavy atom. The van der Waals surface area contributed by atoms with E-state index in [-0.39, 0.29) is 0 Å². The van der Waals surface area contributed by atoms with Crippen molar-refractivity contribution >= 4 is 5.96 Å². The largest absolute Gasteiger partial charge is 0.373 e. The predicted molar refractivity (Wildman–Crippen MR) is 106 cm³/mol. The number of guanidine groups is 1. The Balaban J connectivity index is 1.38. The summed E-state index contributed by atoms with van der Waals surface area (Å²) in [4.78, 5) is 4.38. The third kappa shape index (κ3) is 3.75. The molecule has 3 unspecified atom stereocenters. The molecule has 0 spiro atoms. The predicted octanol–water partition coefficient (Wildman–Crippen LogP) is 3.65. The van der Waals surface area contributed by atoms with Crippen LogP contribution in [-0.2, 0) is 11.3 Å². The van der Waals surface area contributed by atoms with E-state index < -0.39 is 0 Å². The first-order chi connectivity index (χ1) is 12.7. The fourth-order valence-electron chi connectivity index (χ4n) is 4.03. The number of nitrogens with one attached hydrogen (secondary N) is 2. The minimum absolute atomic E-state index is 0.350. The van der Waals surface area contributed by atoms with Crippen molar-refractivity contribution in [1.29, 1.82) is 0 Å². The maximum atomic E-state index is 5.92. The lowest BCUT2D eigenvalue weighted by Gasteiger charge is -2.22. The highest BCUT2D eigenvalue weighted by molar-refractivity contribution is 5.80. The summed E-state index contributed by atoms with van der Waals surface area (Å²) in [7, 11) is 1.83. The quantitative estimate of drug-likeness (QED) is 0.654. The van der Waals surface area contributed by atoms with E-state index in [1.165, 1.54) is 28.7 Å². The highest BCUT2D eigenvalue weighted by atomic mass is 16.5. The minimum Gasteiger partial charge on any atom is -0.373 e. The molecule has 0 saturated carbocycles. The number of benzene rings is 2. The first kappa shape index (κ1) is 17.1. The molecule has 2 N–H and O–H groups in total. The topological polar surface area (TPSA) is 45.7 Å². The van der Waals surface area contributed by atoms with Gasteiger partial charge in [0.2, 0.25) is 0 Å². The number of nitrogens with zero attached hydrogens (tertiary/aromatic N) is 1. The highest BCUT2D eigenvalue weighted by Crippen LogP contribution is 2.34. The molecule has 2 aliphatic rings. The van der Waals surface area contributed by atoms with E-state index >= 15 is 0 Å². The van der Waals surface area contributed by atoms with Gasteiger partial charge < -0.3 is 15.4 Å². The lowest BCUT2D eigenvalue weighted by atomic mass is 9.96. The normalized spacial score (nSPS) is 24.7. The number of aryl methyl sites for hydroxylation is 1. The van der Waals surface area contributed by atoms with E-state index in [0.29, 0.717) is 18.2 Å². The summed E-state index contributed by atoms with van der Waals surface area (Å²) in [6.45, 7) is 2.88. The third-order valence-electron chi connectivity index (χ3n) is 5.39. The van der Waals surface area contributed by atoms with Crippen molar-refractivity contribution in [1.82, 2.24) is 10.6 Å². The molecular weight excluding hydrogens is 322 g/mol. The Labute approximate surface area is 155 Å². The second-order valence-corrected chi connectivity index (χ2v) is 7.36. The van der Waals surface area contributed by atoms with Gasteiger partial charge in [-0.1, -0.05) is 48.0 Å². The Kier molecular flexibility index (Phi) is 4.93. The van der Waals surface area contributed by atoms with Crippen LogP contribution in [0.3, 0.4) is 0 Å². The van der Waals surface area contributed by atoms with Gasteiger partial charge in [0.15, 0.2) is 5.96 Å². The minimum atomic E-state index is 0.350. The zero-order valence-electron chi connectivity index (χ0n) is 15.5. The van der Waals surface area contributed by atoms with Crippen LogP contribution >= 0.6 is 0 Å². The number of hydrogen-bond acceptors (Lipinski definition) is 2. The third-order valence-corrected chi connectivity index (χ3v) is 5.39. The summed E-state index contributed by atoms with van der Waals surface area (Å²) in [6, 6.07) is 17.7. The monoisotopic (exact) mass is 349 g/mol. The smallest absolute Gasteiger partial charge is 0.191 e. The van der Waals surface area contributed by atoms with Gasteiger partial charge in [0.1, 0.15) is 0 Å². The van der Waals surface area contributed by atoms with Crippen molar-refractivity contribution in [3.8, 4) is 11.1 Å². The lowest BCUT2D eigenvalue weighted by molar-refractivity contribution is 0.0992. The number of hydrogen-bond donors (Lipinski definition) is 2. The number of rotatable bonds is 4. The molecule has 26 heavy (non-hydrogen) atoms. The van der Waals surface area contributed by atoms with E-state index in [0.717, 1.165) is 25.3 Å². The summed E-state index contributed by atoms with van der Waals surface area (Å²) in [5, 5.41) is 6.98. The molecule has 2 fully saturated rings. The fraction of sp³-hybridized carbons (Fsp3) is 0.409. The van der Waals surface area contributed by atoms with Gasteiger partial charge in [-0.05, 0) is 48.9 Å². The van der Waals surface area contributed by atoms with Crippen LogP contribution in [0.5, 0.6) is 0 Å². The van der Waals surface area contributed by atoms with Crippen molar-refractivity contribution in [2.75, 3.05) is 7.05 Å². The molecule has 2 aliphatic heterocycles.